The van der Waals surface area contributed by atoms with Crippen molar-refractivity contribution in [1.29, 1.82) is 0 Å². The molecule has 3 N–H and O–H groups in total. The molecule has 2 aromatic rings. The first kappa shape index (κ1) is 12.6. The number of hydrogen-bond donors (Lipinski definition) is 2. The third-order valence-electron chi connectivity index (χ3n) is 2.63. The van der Waals surface area contributed by atoms with Crippen LogP contribution in [0.1, 0.15) is 5.56 Å². The van der Waals surface area contributed by atoms with E-state index in [1.54, 1.807) is 12.1 Å². The average Bonchev–Trinajstić information content (AvgIpc) is 2.86. The number of sulfonamides is 1. The molecule has 0 atom stereocenters. The van der Waals surface area contributed by atoms with Crippen LogP contribution in [-0.4, -0.2) is 30.0 Å². The molecule has 0 saturated carbocycles. The molecule has 0 bridgehead atoms. The Bertz CT molecular complexity index is 622. The van der Waals surface area contributed by atoms with E-state index in [4.69, 9.17) is 5.73 Å². The molecule has 0 aliphatic rings. The van der Waals surface area contributed by atoms with E-state index in [2.05, 4.69) is 10.2 Å². The number of aromatic nitrogens is 2. The molecule has 0 unspecified atom stereocenters. The van der Waals surface area contributed by atoms with E-state index in [1.807, 2.05) is 12.1 Å². The fraction of sp³-hybridized carbons (Fsp3) is 0.182. The summed E-state index contributed by atoms with van der Waals surface area (Å²) in [5.41, 5.74) is 7.14. The second-order valence-electron chi connectivity index (χ2n) is 3.89. The van der Waals surface area contributed by atoms with E-state index < -0.39 is 10.0 Å². The van der Waals surface area contributed by atoms with Crippen molar-refractivity contribution >= 4 is 15.7 Å². The third kappa shape index (κ3) is 2.36. The van der Waals surface area contributed by atoms with Gasteiger partial charge in [0, 0.05) is 25.5 Å². The van der Waals surface area contributed by atoms with Gasteiger partial charge in [0.25, 0.3) is 0 Å². The molecule has 0 radical (unpaired) electrons. The van der Waals surface area contributed by atoms with Crippen LogP contribution in [0.5, 0.6) is 0 Å². The van der Waals surface area contributed by atoms with E-state index in [1.165, 1.54) is 23.7 Å². The highest BCUT2D eigenvalue weighted by atomic mass is 32.2. The number of nitrogens with two attached hydrogens (primary N) is 1. The lowest BCUT2D eigenvalue weighted by Gasteiger charge is -2.17. The van der Waals surface area contributed by atoms with E-state index in [0.29, 0.717) is 5.69 Å². The van der Waals surface area contributed by atoms with Gasteiger partial charge < -0.3 is 5.73 Å². The lowest BCUT2D eigenvalue weighted by Crippen LogP contribution is -2.26. The minimum absolute atomic E-state index is 0.138. The summed E-state index contributed by atoms with van der Waals surface area (Å²) in [6.07, 6.45) is 2.63. The van der Waals surface area contributed by atoms with Crippen LogP contribution in [0.25, 0.3) is 0 Å². The number of anilines is 1. The number of rotatable bonds is 4. The molecule has 7 heteroatoms. The van der Waals surface area contributed by atoms with Crippen molar-refractivity contribution in [3.63, 3.8) is 0 Å². The molecular weight excluding hydrogens is 252 g/mol. The zero-order valence-electron chi connectivity index (χ0n) is 9.87. The summed E-state index contributed by atoms with van der Waals surface area (Å²) in [5, 5.41) is 6.13. The maximum absolute atomic E-state index is 12.1. The highest BCUT2D eigenvalue weighted by molar-refractivity contribution is 7.89. The highest BCUT2D eigenvalue weighted by Gasteiger charge is 2.22. The maximum atomic E-state index is 12.1. The summed E-state index contributed by atoms with van der Waals surface area (Å²) in [6, 6.07) is 7.18. The Morgan fingerprint density at radius 2 is 2.11 bits per heavy atom. The fourth-order valence-corrected chi connectivity index (χ4v) is 2.62. The molecule has 6 nitrogen and oxygen atoms in total. The summed E-state index contributed by atoms with van der Waals surface area (Å²) in [7, 11) is -2.02. The molecule has 0 aliphatic heterocycles. The summed E-state index contributed by atoms with van der Waals surface area (Å²) in [5.74, 6) is 0. The number of nitrogen functional groups attached to an aromatic ring is 1. The van der Waals surface area contributed by atoms with Gasteiger partial charge >= 0.3 is 0 Å². The molecule has 1 aromatic carbocycles. The summed E-state index contributed by atoms with van der Waals surface area (Å²) >= 11 is 0. The predicted octanol–water partition coefficient (Wildman–Crippen LogP) is 0.813. The molecule has 1 aromatic heterocycles. The maximum Gasteiger partial charge on any atom is 0.246 e. The van der Waals surface area contributed by atoms with Gasteiger partial charge in [-0.15, -0.1) is 0 Å². The molecule has 0 aliphatic carbocycles. The minimum atomic E-state index is -3.53. The van der Waals surface area contributed by atoms with Gasteiger partial charge in [0.05, 0.1) is 6.20 Å². The number of aromatic amines is 1. The van der Waals surface area contributed by atoms with E-state index in [0.717, 1.165) is 5.56 Å². The van der Waals surface area contributed by atoms with Gasteiger partial charge in [-0.2, -0.15) is 9.40 Å². The summed E-state index contributed by atoms with van der Waals surface area (Å²) in [4.78, 5) is 0.138. The van der Waals surface area contributed by atoms with Gasteiger partial charge in [0.15, 0.2) is 0 Å². The van der Waals surface area contributed by atoms with Crippen LogP contribution in [0.4, 0.5) is 5.69 Å². The van der Waals surface area contributed by atoms with Crippen molar-refractivity contribution in [2.75, 3.05) is 12.8 Å². The number of H-pyrrole nitrogens is 1. The van der Waals surface area contributed by atoms with Crippen molar-refractivity contribution in [1.82, 2.24) is 14.5 Å². The van der Waals surface area contributed by atoms with Crippen LogP contribution in [0, 0.1) is 0 Å². The molecule has 1 heterocycles. The van der Waals surface area contributed by atoms with Crippen LogP contribution in [-0.2, 0) is 16.6 Å². The monoisotopic (exact) mass is 266 g/mol. The van der Waals surface area contributed by atoms with E-state index in [9.17, 15) is 8.42 Å². The van der Waals surface area contributed by atoms with Crippen molar-refractivity contribution < 1.29 is 8.42 Å². The van der Waals surface area contributed by atoms with Crippen molar-refractivity contribution in [3.05, 3.63) is 42.2 Å². The van der Waals surface area contributed by atoms with Gasteiger partial charge in [-0.25, -0.2) is 8.42 Å². The quantitative estimate of drug-likeness (QED) is 0.801. The Hall–Kier alpha value is -1.86. The zero-order valence-corrected chi connectivity index (χ0v) is 10.7. The van der Waals surface area contributed by atoms with Crippen LogP contribution in [0.2, 0.25) is 0 Å². The molecule has 0 spiro atoms. The molecular formula is C11H14N4O2S. The zero-order chi connectivity index (χ0) is 13.2. The first-order valence-electron chi connectivity index (χ1n) is 5.30. The Morgan fingerprint density at radius 1 is 1.39 bits per heavy atom. The van der Waals surface area contributed by atoms with Gasteiger partial charge in [0.2, 0.25) is 10.0 Å². The van der Waals surface area contributed by atoms with Crippen LogP contribution >= 0.6 is 0 Å². The van der Waals surface area contributed by atoms with Crippen molar-refractivity contribution in [2.24, 2.45) is 0 Å². The Morgan fingerprint density at radius 3 is 2.72 bits per heavy atom. The molecule has 0 fully saturated rings. The van der Waals surface area contributed by atoms with Crippen LogP contribution < -0.4 is 5.73 Å². The standard InChI is InChI=1S/C11H14N4O2S/c1-15(8-9-4-2-3-5-11(9)12)18(16,17)10-6-13-14-7-10/h2-7H,8,12H2,1H3,(H,13,14). The Labute approximate surface area is 105 Å². The molecule has 18 heavy (non-hydrogen) atoms. The normalized spacial score (nSPS) is 11.9. The first-order valence-corrected chi connectivity index (χ1v) is 6.74. The number of para-hydroxylation sites is 1. The molecule has 2 rings (SSSR count). The van der Waals surface area contributed by atoms with E-state index in [-0.39, 0.29) is 11.4 Å². The second kappa shape index (κ2) is 4.79. The van der Waals surface area contributed by atoms with Crippen LogP contribution in [0.3, 0.4) is 0 Å². The summed E-state index contributed by atoms with van der Waals surface area (Å²) < 4.78 is 25.5. The minimum Gasteiger partial charge on any atom is -0.398 e. The van der Waals surface area contributed by atoms with Crippen molar-refractivity contribution in [2.45, 2.75) is 11.4 Å². The number of nitrogens with one attached hydrogen (secondary N) is 1. The lowest BCUT2D eigenvalue weighted by atomic mass is 10.2. The predicted molar refractivity (Wildman–Crippen MR) is 68.1 cm³/mol. The number of benzene rings is 1. The first-order chi connectivity index (χ1) is 8.51. The summed E-state index contributed by atoms with van der Waals surface area (Å²) in [6.45, 7) is 0.222. The van der Waals surface area contributed by atoms with Gasteiger partial charge in [-0.3, -0.25) is 5.10 Å². The highest BCUT2D eigenvalue weighted by Crippen LogP contribution is 2.18. The second-order valence-corrected chi connectivity index (χ2v) is 5.94. The van der Waals surface area contributed by atoms with Gasteiger partial charge in [-0.05, 0) is 11.6 Å². The molecule has 96 valence electrons. The largest absolute Gasteiger partial charge is 0.398 e. The number of hydrogen-bond acceptors (Lipinski definition) is 4. The average molecular weight is 266 g/mol. The molecule has 0 amide bonds. The molecule has 0 saturated heterocycles. The van der Waals surface area contributed by atoms with Gasteiger partial charge in [-0.1, -0.05) is 18.2 Å². The number of nitrogens with zero attached hydrogens (tertiary/aromatic N) is 2. The van der Waals surface area contributed by atoms with Crippen LogP contribution in [0.15, 0.2) is 41.6 Å². The van der Waals surface area contributed by atoms with Gasteiger partial charge in [0.1, 0.15) is 4.90 Å². The lowest BCUT2D eigenvalue weighted by molar-refractivity contribution is 0.467. The SMILES string of the molecule is CN(Cc1ccccc1N)S(=O)(=O)c1cn[nH]c1. The van der Waals surface area contributed by atoms with E-state index >= 15 is 0 Å². The topological polar surface area (TPSA) is 92.1 Å². The Kier molecular flexibility index (Phi) is 3.35. The Balaban J connectivity index is 2.24. The fourth-order valence-electron chi connectivity index (χ4n) is 1.56. The third-order valence-corrected chi connectivity index (χ3v) is 4.40. The smallest absolute Gasteiger partial charge is 0.246 e. The van der Waals surface area contributed by atoms with Crippen molar-refractivity contribution in [3.8, 4) is 0 Å².